The molecule has 1 atom stereocenters. The Kier molecular flexibility index (Phi) is 15.6. The van der Waals surface area contributed by atoms with Crippen molar-refractivity contribution in [2.45, 2.75) is 18.9 Å². The Hall–Kier alpha value is 0.400. The summed E-state index contributed by atoms with van der Waals surface area (Å²) < 4.78 is 0.102. The van der Waals surface area contributed by atoms with E-state index in [1.165, 1.54) is 41.4 Å². The molecule has 0 saturated heterocycles. The summed E-state index contributed by atoms with van der Waals surface area (Å²) in [7, 11) is 0. The topological polar surface area (TPSA) is 74.6 Å². The van der Waals surface area contributed by atoms with E-state index in [1.54, 1.807) is 11.8 Å². The molecule has 21 heavy (non-hydrogen) atoms. The van der Waals surface area contributed by atoms with Gasteiger partial charge in [-0.05, 0) is 18.9 Å². The van der Waals surface area contributed by atoms with Crippen LogP contribution in [0.5, 0.6) is 0 Å². The highest BCUT2D eigenvalue weighted by Crippen LogP contribution is 2.20. The first-order chi connectivity index (χ1) is 10.1. The minimum Gasteiger partial charge on any atom is -0.394 e. The van der Waals surface area contributed by atoms with Gasteiger partial charge in [0.15, 0.2) is 0 Å². The van der Waals surface area contributed by atoms with Crippen molar-refractivity contribution in [2.75, 3.05) is 35.4 Å². The van der Waals surface area contributed by atoms with Gasteiger partial charge in [0.05, 0.1) is 12.7 Å². The Bertz CT molecular complexity index is 313. The lowest BCUT2D eigenvalue weighted by atomic mass is 10.2. The lowest BCUT2D eigenvalue weighted by Crippen LogP contribution is -2.11. The molecule has 0 saturated carbocycles. The van der Waals surface area contributed by atoms with Crippen molar-refractivity contribution in [3.63, 3.8) is 0 Å². The molecule has 4 nitrogen and oxygen atoms in total. The number of aliphatic hydroxyl groups excluding tert-OH is 2. The molecular formula is C13H22O4S4. The van der Waals surface area contributed by atoms with Crippen molar-refractivity contribution in [3.8, 4) is 0 Å². The molecule has 8 heteroatoms. The molecule has 0 aromatic heterocycles. The van der Waals surface area contributed by atoms with E-state index < -0.39 is 6.10 Å². The van der Waals surface area contributed by atoms with Gasteiger partial charge < -0.3 is 10.2 Å². The first-order valence-electron chi connectivity index (χ1n) is 6.55. The molecule has 0 aromatic rings. The van der Waals surface area contributed by atoms with Crippen LogP contribution in [-0.2, 0) is 4.79 Å². The molecule has 0 bridgehead atoms. The normalized spacial score (nSPS) is 12.1. The van der Waals surface area contributed by atoms with Crippen LogP contribution in [0, 0.1) is 0 Å². The number of aliphatic hydroxyl groups is 2. The van der Waals surface area contributed by atoms with E-state index in [2.05, 4.69) is 6.58 Å². The molecule has 2 N–H and O–H groups in total. The molecule has 0 heterocycles. The number of hydrogen-bond acceptors (Lipinski definition) is 8. The number of rotatable bonds is 12. The minimum atomic E-state index is -0.671. The van der Waals surface area contributed by atoms with E-state index in [0.29, 0.717) is 12.2 Å². The van der Waals surface area contributed by atoms with Crippen molar-refractivity contribution in [2.24, 2.45) is 0 Å². The maximum atomic E-state index is 11.5. The highest BCUT2D eigenvalue weighted by Gasteiger charge is 2.05. The van der Waals surface area contributed by atoms with E-state index in [1.807, 2.05) is 0 Å². The number of hydrogen-bond donors (Lipinski definition) is 2. The molecular weight excluding hydrogens is 348 g/mol. The van der Waals surface area contributed by atoms with Gasteiger partial charge >= 0.3 is 0 Å². The molecule has 1 unspecified atom stereocenters. The van der Waals surface area contributed by atoms with E-state index in [4.69, 9.17) is 10.2 Å². The second-order valence-corrected chi connectivity index (χ2v) is 8.63. The second-order valence-electron chi connectivity index (χ2n) is 3.91. The lowest BCUT2D eigenvalue weighted by Gasteiger charge is -2.05. The third kappa shape index (κ3) is 15.1. The maximum absolute atomic E-state index is 11.5. The van der Waals surface area contributed by atoms with Gasteiger partial charge in [-0.1, -0.05) is 41.9 Å². The summed E-state index contributed by atoms with van der Waals surface area (Å²) in [5, 5.41) is 17.8. The van der Waals surface area contributed by atoms with Crippen LogP contribution in [0.1, 0.15) is 12.8 Å². The Morgan fingerprint density at radius 1 is 1.05 bits per heavy atom. The molecule has 0 aliphatic rings. The molecule has 0 spiro atoms. The smallest absolute Gasteiger partial charge is 0.246 e. The second kappa shape index (κ2) is 15.3. The van der Waals surface area contributed by atoms with E-state index in [-0.39, 0.29) is 16.2 Å². The Balaban J connectivity index is 3.30. The van der Waals surface area contributed by atoms with Gasteiger partial charge in [-0.25, -0.2) is 0 Å². The SMILES string of the molecule is C=CC(=O)SCCSCCSC(=O)SCCCC(O)CO. The third-order valence-electron chi connectivity index (χ3n) is 2.20. The quantitative estimate of drug-likeness (QED) is 0.401. The monoisotopic (exact) mass is 370 g/mol. The first kappa shape index (κ1) is 21.4. The zero-order valence-corrected chi connectivity index (χ0v) is 15.1. The third-order valence-corrected chi connectivity index (χ3v) is 6.64. The molecule has 0 amide bonds. The van der Waals surface area contributed by atoms with Gasteiger partial charge in [-0.2, -0.15) is 11.8 Å². The zero-order chi connectivity index (χ0) is 15.9. The molecule has 0 aromatic carbocycles. The van der Waals surface area contributed by atoms with Gasteiger partial charge in [0.1, 0.15) is 0 Å². The zero-order valence-electron chi connectivity index (χ0n) is 11.9. The average Bonchev–Trinajstić information content (AvgIpc) is 2.49. The Labute approximate surface area is 143 Å². The highest BCUT2D eigenvalue weighted by atomic mass is 32.2. The fourth-order valence-corrected chi connectivity index (χ4v) is 4.76. The van der Waals surface area contributed by atoms with Crippen LogP contribution in [0.15, 0.2) is 12.7 Å². The first-order valence-corrected chi connectivity index (χ1v) is 10.7. The van der Waals surface area contributed by atoms with E-state index >= 15 is 0 Å². The fourth-order valence-electron chi connectivity index (χ4n) is 1.15. The highest BCUT2D eigenvalue weighted by molar-refractivity contribution is 8.38. The van der Waals surface area contributed by atoms with E-state index in [0.717, 1.165) is 29.4 Å². The number of carbonyl (C=O) groups is 2. The maximum Gasteiger partial charge on any atom is 0.246 e. The summed E-state index contributed by atoms with van der Waals surface area (Å²) in [6.45, 7) is 3.19. The predicted octanol–water partition coefficient (Wildman–Crippen LogP) is 2.89. The van der Waals surface area contributed by atoms with Crippen LogP contribution >= 0.6 is 47.0 Å². The summed E-state index contributed by atoms with van der Waals surface area (Å²) in [5.74, 6) is 4.01. The van der Waals surface area contributed by atoms with E-state index in [9.17, 15) is 9.59 Å². The van der Waals surface area contributed by atoms with Crippen LogP contribution in [0.25, 0.3) is 0 Å². The fraction of sp³-hybridized carbons (Fsp3) is 0.692. The van der Waals surface area contributed by atoms with Crippen LogP contribution in [0.2, 0.25) is 0 Å². The Morgan fingerprint density at radius 3 is 2.29 bits per heavy atom. The van der Waals surface area contributed by atoms with Crippen molar-refractivity contribution in [3.05, 3.63) is 12.7 Å². The van der Waals surface area contributed by atoms with Gasteiger partial charge in [-0.3, -0.25) is 9.59 Å². The molecule has 0 aliphatic carbocycles. The van der Waals surface area contributed by atoms with Crippen LogP contribution in [-0.4, -0.2) is 61.3 Å². The lowest BCUT2D eigenvalue weighted by molar-refractivity contribution is -0.107. The van der Waals surface area contributed by atoms with Crippen molar-refractivity contribution < 1.29 is 19.8 Å². The van der Waals surface area contributed by atoms with Gasteiger partial charge in [0.25, 0.3) is 0 Å². The van der Waals surface area contributed by atoms with Gasteiger partial charge in [-0.15, -0.1) is 0 Å². The van der Waals surface area contributed by atoms with Crippen LogP contribution in [0.3, 0.4) is 0 Å². The summed E-state index contributed by atoms with van der Waals surface area (Å²) in [6, 6.07) is 0. The summed E-state index contributed by atoms with van der Waals surface area (Å²) in [5.41, 5.74) is 0. The van der Waals surface area contributed by atoms with Crippen molar-refractivity contribution in [1.82, 2.24) is 0 Å². The molecule has 122 valence electrons. The molecule has 0 rings (SSSR count). The van der Waals surface area contributed by atoms with Crippen LogP contribution < -0.4 is 0 Å². The Morgan fingerprint density at radius 2 is 1.67 bits per heavy atom. The summed E-state index contributed by atoms with van der Waals surface area (Å²) in [6.07, 6.45) is 1.90. The average molecular weight is 371 g/mol. The summed E-state index contributed by atoms with van der Waals surface area (Å²) >= 11 is 5.57. The largest absolute Gasteiger partial charge is 0.394 e. The molecule has 0 aliphatic heterocycles. The summed E-state index contributed by atoms with van der Waals surface area (Å²) in [4.78, 5) is 22.5. The number of carbonyl (C=O) groups excluding carboxylic acids is 2. The molecule has 0 fully saturated rings. The molecule has 0 radical (unpaired) electrons. The van der Waals surface area contributed by atoms with Crippen LogP contribution in [0.4, 0.5) is 4.79 Å². The van der Waals surface area contributed by atoms with Gasteiger partial charge in [0.2, 0.25) is 9.56 Å². The van der Waals surface area contributed by atoms with Gasteiger partial charge in [0, 0.05) is 28.8 Å². The van der Waals surface area contributed by atoms with Crippen molar-refractivity contribution in [1.29, 1.82) is 0 Å². The predicted molar refractivity (Wildman–Crippen MR) is 97.6 cm³/mol. The standard InChI is InChI=1S/C13H22O4S4/c1-2-12(16)19-8-6-18-7-9-21-13(17)20-5-3-4-11(15)10-14/h2,11,14-15H,1,3-10H2. The number of thioether (sulfide) groups is 4. The minimum absolute atomic E-state index is 0.00266. The van der Waals surface area contributed by atoms with Crippen molar-refractivity contribution >= 4 is 56.6 Å².